The third-order valence-corrected chi connectivity index (χ3v) is 7.70. The Labute approximate surface area is 212 Å². The number of halogens is 1. The van der Waals surface area contributed by atoms with Crippen LogP contribution in [0.2, 0.25) is 0 Å². The van der Waals surface area contributed by atoms with Crippen LogP contribution in [0.5, 0.6) is 0 Å². The molecular weight excluding hydrogens is 483 g/mol. The van der Waals surface area contributed by atoms with Gasteiger partial charge < -0.3 is 4.90 Å². The molecule has 35 heavy (non-hydrogen) atoms. The SMILES string of the molecule is CC1CC(C)CN(c2nc3ccccn3c(=O)c2C=C2SC(=S)N(Cc3ccc(F)cc3)C2=O)C1. The molecule has 2 atom stereocenters. The molecule has 2 aliphatic heterocycles. The first-order valence-corrected chi connectivity index (χ1v) is 12.8. The monoisotopic (exact) mass is 508 g/mol. The molecule has 0 N–H and O–H groups in total. The molecule has 0 aliphatic carbocycles. The number of carbonyl (C=O) groups is 1. The first-order chi connectivity index (χ1) is 16.8. The molecule has 2 fully saturated rings. The molecule has 2 aromatic heterocycles. The van der Waals surface area contributed by atoms with E-state index in [1.165, 1.54) is 33.2 Å². The zero-order chi connectivity index (χ0) is 24.7. The Kier molecular flexibility index (Phi) is 6.46. The Morgan fingerprint density at radius 3 is 2.54 bits per heavy atom. The maximum absolute atomic E-state index is 13.6. The number of anilines is 1. The number of nitrogens with zero attached hydrogens (tertiary/aromatic N) is 4. The van der Waals surface area contributed by atoms with Crippen molar-refractivity contribution in [1.82, 2.24) is 14.3 Å². The van der Waals surface area contributed by atoms with E-state index in [1.54, 1.807) is 30.5 Å². The zero-order valence-corrected chi connectivity index (χ0v) is 21.1. The van der Waals surface area contributed by atoms with E-state index in [-0.39, 0.29) is 23.8 Å². The van der Waals surface area contributed by atoms with Crippen LogP contribution < -0.4 is 10.5 Å². The fraction of sp³-hybridized carbons (Fsp3) is 0.308. The van der Waals surface area contributed by atoms with Crippen molar-refractivity contribution in [2.24, 2.45) is 11.8 Å². The molecular formula is C26H25FN4O2S2. The molecule has 1 aromatic carbocycles. The van der Waals surface area contributed by atoms with Crippen LogP contribution >= 0.6 is 24.0 Å². The molecule has 2 saturated heterocycles. The highest BCUT2D eigenvalue weighted by Gasteiger charge is 2.33. The molecule has 180 valence electrons. The van der Waals surface area contributed by atoms with Gasteiger partial charge in [-0.05, 0) is 54.2 Å². The maximum atomic E-state index is 13.6. The minimum absolute atomic E-state index is 0.222. The average Bonchev–Trinajstić information content (AvgIpc) is 3.09. The number of piperidine rings is 1. The van der Waals surface area contributed by atoms with Gasteiger partial charge in [0, 0.05) is 19.3 Å². The molecule has 0 radical (unpaired) electrons. The predicted molar refractivity (Wildman–Crippen MR) is 142 cm³/mol. The van der Waals surface area contributed by atoms with Crippen LogP contribution in [0, 0.1) is 17.7 Å². The van der Waals surface area contributed by atoms with Gasteiger partial charge in [-0.15, -0.1) is 0 Å². The number of thiocarbonyl (C=S) groups is 1. The van der Waals surface area contributed by atoms with E-state index in [4.69, 9.17) is 17.2 Å². The number of pyridine rings is 1. The molecule has 2 aliphatic rings. The van der Waals surface area contributed by atoms with Gasteiger partial charge in [0.2, 0.25) is 0 Å². The Morgan fingerprint density at radius 1 is 1.11 bits per heavy atom. The van der Waals surface area contributed by atoms with Crippen molar-refractivity contribution in [1.29, 1.82) is 0 Å². The molecule has 0 spiro atoms. The van der Waals surface area contributed by atoms with Crippen LogP contribution in [0.4, 0.5) is 10.2 Å². The molecule has 1 amide bonds. The third-order valence-electron chi connectivity index (χ3n) is 6.32. The first-order valence-electron chi connectivity index (χ1n) is 11.6. The van der Waals surface area contributed by atoms with Crippen LogP contribution in [0.25, 0.3) is 11.7 Å². The second-order valence-corrected chi connectivity index (χ2v) is 11.0. The van der Waals surface area contributed by atoms with Gasteiger partial charge >= 0.3 is 0 Å². The van der Waals surface area contributed by atoms with E-state index in [9.17, 15) is 14.0 Å². The number of amides is 1. The summed E-state index contributed by atoms with van der Waals surface area (Å²) in [5.74, 6) is 0.932. The van der Waals surface area contributed by atoms with Crippen LogP contribution in [-0.4, -0.2) is 37.6 Å². The predicted octanol–water partition coefficient (Wildman–Crippen LogP) is 4.72. The molecule has 0 bridgehead atoms. The van der Waals surface area contributed by atoms with Crippen LogP contribution in [-0.2, 0) is 11.3 Å². The van der Waals surface area contributed by atoms with Gasteiger partial charge in [0.15, 0.2) is 0 Å². The summed E-state index contributed by atoms with van der Waals surface area (Å²) >= 11 is 6.65. The van der Waals surface area contributed by atoms with Crippen molar-refractivity contribution in [3.8, 4) is 0 Å². The zero-order valence-electron chi connectivity index (χ0n) is 19.5. The Balaban J connectivity index is 1.55. The van der Waals surface area contributed by atoms with Gasteiger partial charge in [-0.3, -0.25) is 18.9 Å². The van der Waals surface area contributed by atoms with E-state index in [1.807, 2.05) is 12.1 Å². The Hall–Kier alpha value is -3.04. The largest absolute Gasteiger partial charge is 0.355 e. The van der Waals surface area contributed by atoms with E-state index in [0.29, 0.717) is 38.1 Å². The number of hydrogen-bond acceptors (Lipinski definition) is 6. The highest BCUT2D eigenvalue weighted by Crippen LogP contribution is 2.35. The fourth-order valence-corrected chi connectivity index (χ4v) is 6.07. The summed E-state index contributed by atoms with van der Waals surface area (Å²) in [6, 6.07) is 11.4. The minimum Gasteiger partial charge on any atom is -0.355 e. The number of rotatable bonds is 4. The van der Waals surface area contributed by atoms with Crippen molar-refractivity contribution in [3.05, 3.63) is 80.9 Å². The molecule has 9 heteroatoms. The summed E-state index contributed by atoms with van der Waals surface area (Å²) in [7, 11) is 0. The van der Waals surface area contributed by atoms with E-state index < -0.39 is 0 Å². The number of fused-ring (bicyclic) bond motifs is 1. The summed E-state index contributed by atoms with van der Waals surface area (Å²) in [5.41, 5.74) is 1.50. The Morgan fingerprint density at radius 2 is 1.83 bits per heavy atom. The molecule has 2 unspecified atom stereocenters. The van der Waals surface area contributed by atoms with E-state index >= 15 is 0 Å². The molecule has 3 aromatic rings. The minimum atomic E-state index is -0.336. The molecule has 5 rings (SSSR count). The van der Waals surface area contributed by atoms with Crippen molar-refractivity contribution >= 4 is 51.7 Å². The number of benzene rings is 1. The van der Waals surface area contributed by atoms with Crippen molar-refractivity contribution in [2.45, 2.75) is 26.8 Å². The quantitative estimate of drug-likeness (QED) is 0.376. The summed E-state index contributed by atoms with van der Waals surface area (Å²) in [6.45, 7) is 6.25. The number of thioether (sulfide) groups is 1. The lowest BCUT2D eigenvalue weighted by molar-refractivity contribution is -0.122. The van der Waals surface area contributed by atoms with Crippen LogP contribution in [0.1, 0.15) is 31.4 Å². The number of hydrogen-bond donors (Lipinski definition) is 0. The molecule has 4 heterocycles. The first kappa shape index (κ1) is 23.7. The van der Waals surface area contributed by atoms with Crippen LogP contribution in [0.3, 0.4) is 0 Å². The molecule has 6 nitrogen and oxygen atoms in total. The van der Waals surface area contributed by atoms with Gasteiger partial charge in [0.1, 0.15) is 21.6 Å². The smallest absolute Gasteiger partial charge is 0.267 e. The topological polar surface area (TPSA) is 57.9 Å². The molecule has 0 saturated carbocycles. The standard InChI is InChI=1S/C26H25FN4O2S2/c1-16-11-17(2)14-29(13-16)23-20(24(32)30-10-4-3-5-22(30)28-23)12-21-25(33)31(26(34)35-21)15-18-6-8-19(27)9-7-18/h3-10,12,16-17H,11,13-15H2,1-2H3. The maximum Gasteiger partial charge on any atom is 0.267 e. The Bertz CT molecular complexity index is 1390. The van der Waals surface area contributed by atoms with Gasteiger partial charge in [-0.1, -0.05) is 56.0 Å². The summed E-state index contributed by atoms with van der Waals surface area (Å²) in [4.78, 5) is 35.8. The lowest BCUT2D eigenvalue weighted by atomic mass is 9.91. The number of carbonyl (C=O) groups excluding carboxylic acids is 1. The normalized spacial score (nSPS) is 22.0. The summed E-state index contributed by atoms with van der Waals surface area (Å²) in [5, 5.41) is 0. The number of aromatic nitrogens is 2. The second-order valence-electron chi connectivity index (χ2n) is 9.33. The lowest BCUT2D eigenvalue weighted by Crippen LogP contribution is -2.40. The summed E-state index contributed by atoms with van der Waals surface area (Å²) < 4.78 is 15.2. The highest BCUT2D eigenvalue weighted by molar-refractivity contribution is 8.26. The lowest BCUT2D eigenvalue weighted by Gasteiger charge is -2.36. The van der Waals surface area contributed by atoms with Crippen LogP contribution in [0.15, 0.2) is 58.4 Å². The third kappa shape index (κ3) is 4.75. The average molecular weight is 509 g/mol. The van der Waals surface area contributed by atoms with Gasteiger partial charge in [0.05, 0.1) is 17.0 Å². The summed E-state index contributed by atoms with van der Waals surface area (Å²) in [6.07, 6.45) is 4.45. The van der Waals surface area contributed by atoms with Gasteiger partial charge in [-0.25, -0.2) is 9.37 Å². The fourth-order valence-electron chi connectivity index (χ4n) is 4.83. The van der Waals surface area contributed by atoms with Gasteiger partial charge in [-0.2, -0.15) is 0 Å². The van der Waals surface area contributed by atoms with Crippen molar-refractivity contribution in [3.63, 3.8) is 0 Å². The highest BCUT2D eigenvalue weighted by atomic mass is 32.2. The second kappa shape index (κ2) is 9.54. The van der Waals surface area contributed by atoms with E-state index in [0.717, 1.165) is 25.1 Å². The van der Waals surface area contributed by atoms with Gasteiger partial charge in [0.25, 0.3) is 11.5 Å². The van der Waals surface area contributed by atoms with Crippen molar-refractivity contribution in [2.75, 3.05) is 18.0 Å². The van der Waals surface area contributed by atoms with E-state index in [2.05, 4.69) is 18.7 Å². The van der Waals surface area contributed by atoms with Crippen molar-refractivity contribution < 1.29 is 9.18 Å².